The number of para-hydroxylation sites is 2. The van der Waals surface area contributed by atoms with Crippen molar-refractivity contribution >= 4 is 28.9 Å². The minimum absolute atomic E-state index is 0.192. The molecule has 128 valence electrons. The van der Waals surface area contributed by atoms with Crippen molar-refractivity contribution in [3.63, 3.8) is 0 Å². The molecule has 1 aliphatic heterocycles. The second-order valence-corrected chi connectivity index (χ2v) is 6.04. The molecule has 3 rings (SSSR count). The lowest BCUT2D eigenvalue weighted by Crippen LogP contribution is -2.45. The molecule has 1 aliphatic rings. The van der Waals surface area contributed by atoms with Crippen LogP contribution in [-0.4, -0.2) is 18.1 Å². The molecule has 0 saturated carbocycles. The summed E-state index contributed by atoms with van der Waals surface area (Å²) in [6.07, 6.45) is 0. The normalized spacial score (nSPS) is 16.7. The number of carbonyl (C=O) groups is 1. The van der Waals surface area contributed by atoms with E-state index in [2.05, 4.69) is 16.0 Å². The van der Waals surface area contributed by atoms with Gasteiger partial charge in [-0.15, -0.1) is 0 Å². The van der Waals surface area contributed by atoms with Crippen molar-refractivity contribution in [2.75, 3.05) is 12.4 Å². The summed E-state index contributed by atoms with van der Waals surface area (Å²) in [6.45, 7) is 1.84. The Labute approximate surface area is 152 Å². The van der Waals surface area contributed by atoms with Crippen LogP contribution in [0.25, 0.3) is 0 Å². The molecule has 0 radical (unpaired) electrons. The third-order valence-corrected chi connectivity index (χ3v) is 4.22. The number of methoxy groups -OCH3 is 1. The molecule has 0 fully saturated rings. The highest BCUT2D eigenvalue weighted by atomic mass is 32.1. The average Bonchev–Trinajstić information content (AvgIpc) is 2.61. The Morgan fingerprint density at radius 1 is 1.12 bits per heavy atom. The number of allylic oxidation sites excluding steroid dienone is 1. The van der Waals surface area contributed by atoms with Gasteiger partial charge in [0, 0.05) is 16.9 Å². The highest BCUT2D eigenvalue weighted by Gasteiger charge is 2.31. The molecule has 0 aromatic heterocycles. The molecule has 2 aromatic rings. The Hall–Kier alpha value is -2.86. The van der Waals surface area contributed by atoms with Gasteiger partial charge in [0.25, 0.3) is 5.91 Å². The first-order chi connectivity index (χ1) is 12.1. The van der Waals surface area contributed by atoms with Gasteiger partial charge in [-0.2, -0.15) is 0 Å². The maximum atomic E-state index is 12.9. The van der Waals surface area contributed by atoms with Crippen molar-refractivity contribution in [3.05, 3.63) is 71.4 Å². The predicted molar refractivity (Wildman–Crippen MR) is 102 cm³/mol. The van der Waals surface area contributed by atoms with Gasteiger partial charge in [0.2, 0.25) is 0 Å². The SMILES string of the molecule is COc1ccccc1[C@@H]1NC(=S)NC(C)=C1C(=O)Nc1ccccc1. The zero-order valence-electron chi connectivity index (χ0n) is 14.0. The van der Waals surface area contributed by atoms with Crippen LogP contribution in [0, 0.1) is 0 Å². The number of rotatable bonds is 4. The van der Waals surface area contributed by atoms with Gasteiger partial charge in [0.1, 0.15) is 5.75 Å². The molecule has 1 atom stereocenters. The first kappa shape index (κ1) is 17.0. The van der Waals surface area contributed by atoms with E-state index in [-0.39, 0.29) is 5.91 Å². The van der Waals surface area contributed by atoms with Crippen molar-refractivity contribution in [1.29, 1.82) is 0 Å². The van der Waals surface area contributed by atoms with Gasteiger partial charge in [0.15, 0.2) is 5.11 Å². The number of anilines is 1. The van der Waals surface area contributed by atoms with Crippen LogP contribution in [0.15, 0.2) is 65.9 Å². The van der Waals surface area contributed by atoms with Crippen LogP contribution >= 0.6 is 12.2 Å². The van der Waals surface area contributed by atoms with Crippen LogP contribution < -0.4 is 20.7 Å². The van der Waals surface area contributed by atoms with Crippen molar-refractivity contribution in [2.24, 2.45) is 0 Å². The lowest BCUT2D eigenvalue weighted by molar-refractivity contribution is -0.113. The molecule has 5 nitrogen and oxygen atoms in total. The molecule has 1 heterocycles. The zero-order valence-corrected chi connectivity index (χ0v) is 14.8. The Kier molecular flexibility index (Phi) is 5.00. The zero-order chi connectivity index (χ0) is 17.8. The fourth-order valence-corrected chi connectivity index (χ4v) is 3.12. The second-order valence-electron chi connectivity index (χ2n) is 5.63. The Bertz CT molecular complexity index is 834. The molecule has 0 aliphatic carbocycles. The number of ether oxygens (including phenoxy) is 1. The van der Waals surface area contributed by atoms with Gasteiger partial charge < -0.3 is 20.7 Å². The topological polar surface area (TPSA) is 62.4 Å². The smallest absolute Gasteiger partial charge is 0.255 e. The van der Waals surface area contributed by atoms with Gasteiger partial charge >= 0.3 is 0 Å². The maximum absolute atomic E-state index is 12.9. The molecular formula is C19H19N3O2S. The van der Waals surface area contributed by atoms with Crippen molar-refractivity contribution in [2.45, 2.75) is 13.0 Å². The second kappa shape index (κ2) is 7.36. The van der Waals surface area contributed by atoms with Crippen LogP contribution in [0.1, 0.15) is 18.5 Å². The lowest BCUT2D eigenvalue weighted by atomic mass is 9.94. The fourth-order valence-electron chi connectivity index (χ4n) is 2.85. The summed E-state index contributed by atoms with van der Waals surface area (Å²) in [5.41, 5.74) is 2.88. The number of carbonyl (C=O) groups excluding carboxylic acids is 1. The summed E-state index contributed by atoms with van der Waals surface area (Å²) in [5, 5.41) is 9.62. The number of thiocarbonyl (C=S) groups is 1. The first-order valence-electron chi connectivity index (χ1n) is 7.87. The molecule has 1 amide bonds. The highest BCUT2D eigenvalue weighted by Crippen LogP contribution is 2.33. The van der Waals surface area contributed by atoms with Gasteiger partial charge in [0.05, 0.1) is 18.7 Å². The van der Waals surface area contributed by atoms with E-state index in [9.17, 15) is 4.79 Å². The van der Waals surface area contributed by atoms with E-state index in [1.54, 1.807) is 7.11 Å². The summed E-state index contributed by atoms with van der Waals surface area (Å²) >= 11 is 5.28. The van der Waals surface area contributed by atoms with Crippen LogP contribution in [0.3, 0.4) is 0 Å². The van der Waals surface area contributed by atoms with E-state index in [1.807, 2.05) is 61.5 Å². The van der Waals surface area contributed by atoms with Crippen LogP contribution in [0.5, 0.6) is 5.75 Å². The van der Waals surface area contributed by atoms with E-state index in [4.69, 9.17) is 17.0 Å². The Morgan fingerprint density at radius 2 is 1.80 bits per heavy atom. The quantitative estimate of drug-likeness (QED) is 0.737. The molecule has 3 N–H and O–H groups in total. The van der Waals surface area contributed by atoms with E-state index >= 15 is 0 Å². The van der Waals surface area contributed by atoms with E-state index < -0.39 is 6.04 Å². The average molecular weight is 353 g/mol. The van der Waals surface area contributed by atoms with E-state index in [0.717, 1.165) is 11.3 Å². The van der Waals surface area contributed by atoms with E-state index in [1.165, 1.54) is 0 Å². The van der Waals surface area contributed by atoms with Crippen LogP contribution in [-0.2, 0) is 4.79 Å². The number of amides is 1. The van der Waals surface area contributed by atoms with Crippen LogP contribution in [0.4, 0.5) is 5.69 Å². The summed E-state index contributed by atoms with van der Waals surface area (Å²) in [6, 6.07) is 16.5. The number of hydrogen-bond acceptors (Lipinski definition) is 3. The summed E-state index contributed by atoms with van der Waals surface area (Å²) in [4.78, 5) is 12.9. The molecule has 2 aromatic carbocycles. The third-order valence-electron chi connectivity index (χ3n) is 4.00. The number of nitrogens with one attached hydrogen (secondary N) is 3. The maximum Gasteiger partial charge on any atom is 0.255 e. The molecular weight excluding hydrogens is 334 g/mol. The highest BCUT2D eigenvalue weighted by molar-refractivity contribution is 7.80. The number of benzene rings is 2. The largest absolute Gasteiger partial charge is 0.496 e. The third kappa shape index (κ3) is 3.64. The molecule has 0 saturated heterocycles. The van der Waals surface area contributed by atoms with Gasteiger partial charge in [-0.3, -0.25) is 4.79 Å². The minimum atomic E-state index is -0.395. The molecule has 25 heavy (non-hydrogen) atoms. The standard InChI is InChI=1S/C19H19N3O2S/c1-12-16(18(23)21-13-8-4-3-5-9-13)17(22-19(25)20-12)14-10-6-7-11-15(14)24-2/h3-11,17H,1-2H3,(H,21,23)(H2,20,22,25)/t17-/m0/s1. The summed E-state index contributed by atoms with van der Waals surface area (Å²) in [5.74, 6) is 0.504. The van der Waals surface area contributed by atoms with E-state index in [0.29, 0.717) is 22.1 Å². The number of hydrogen-bond donors (Lipinski definition) is 3. The molecule has 0 bridgehead atoms. The van der Waals surface area contributed by atoms with Gasteiger partial charge in [-0.25, -0.2) is 0 Å². The van der Waals surface area contributed by atoms with Crippen molar-refractivity contribution in [1.82, 2.24) is 10.6 Å². The Morgan fingerprint density at radius 3 is 2.52 bits per heavy atom. The Balaban J connectivity index is 1.99. The monoisotopic (exact) mass is 353 g/mol. The minimum Gasteiger partial charge on any atom is -0.496 e. The summed E-state index contributed by atoms with van der Waals surface area (Å²) in [7, 11) is 1.61. The van der Waals surface area contributed by atoms with Crippen molar-refractivity contribution < 1.29 is 9.53 Å². The van der Waals surface area contributed by atoms with Crippen molar-refractivity contribution in [3.8, 4) is 5.75 Å². The first-order valence-corrected chi connectivity index (χ1v) is 8.28. The summed E-state index contributed by atoms with van der Waals surface area (Å²) < 4.78 is 5.46. The van der Waals surface area contributed by atoms with Crippen LogP contribution in [0.2, 0.25) is 0 Å². The molecule has 0 unspecified atom stereocenters. The fraction of sp³-hybridized carbons (Fsp3) is 0.158. The molecule has 6 heteroatoms. The van der Waals surface area contributed by atoms with Gasteiger partial charge in [-0.05, 0) is 37.3 Å². The lowest BCUT2D eigenvalue weighted by Gasteiger charge is -2.31. The predicted octanol–water partition coefficient (Wildman–Crippen LogP) is 3.13. The van der Waals surface area contributed by atoms with Gasteiger partial charge in [-0.1, -0.05) is 36.4 Å². The molecule has 0 spiro atoms.